The number of hydrogen-bond acceptors (Lipinski definition) is 3. The van der Waals surface area contributed by atoms with Crippen molar-refractivity contribution in [3.63, 3.8) is 0 Å². The van der Waals surface area contributed by atoms with Gasteiger partial charge in [0.1, 0.15) is 5.75 Å². The smallest absolute Gasteiger partial charge is 0.255 e. The van der Waals surface area contributed by atoms with E-state index < -0.39 is 0 Å². The molecule has 1 amide bonds. The van der Waals surface area contributed by atoms with E-state index in [4.69, 9.17) is 4.74 Å². The van der Waals surface area contributed by atoms with Crippen LogP contribution in [0, 0.1) is 20.8 Å². The van der Waals surface area contributed by atoms with Gasteiger partial charge in [-0.25, -0.2) is 0 Å². The van der Waals surface area contributed by atoms with Gasteiger partial charge in [0.2, 0.25) is 0 Å². The van der Waals surface area contributed by atoms with Gasteiger partial charge in [0, 0.05) is 27.5 Å². The van der Waals surface area contributed by atoms with Crippen LogP contribution in [0.25, 0.3) is 0 Å². The second-order valence-corrected chi connectivity index (χ2v) is 7.93. The molecule has 0 atom stereocenters. The Morgan fingerprint density at radius 1 is 0.929 bits per heavy atom. The molecule has 4 heteroatoms. The zero-order chi connectivity index (χ0) is 20.1. The van der Waals surface area contributed by atoms with Crippen LogP contribution in [0.4, 0.5) is 5.69 Å². The zero-order valence-electron chi connectivity index (χ0n) is 16.7. The highest BCUT2D eigenvalue weighted by Gasteiger charge is 2.11. The number of hydrogen-bond donors (Lipinski definition) is 1. The topological polar surface area (TPSA) is 38.3 Å². The number of rotatable bonds is 6. The fourth-order valence-corrected chi connectivity index (χ4v) is 3.73. The molecule has 0 unspecified atom stereocenters. The molecule has 3 rings (SSSR count). The molecule has 0 aromatic heterocycles. The van der Waals surface area contributed by atoms with Crippen molar-refractivity contribution in [1.29, 1.82) is 0 Å². The van der Waals surface area contributed by atoms with Gasteiger partial charge < -0.3 is 10.1 Å². The minimum Gasteiger partial charge on any atom is -0.496 e. The van der Waals surface area contributed by atoms with E-state index >= 15 is 0 Å². The number of methoxy groups -OCH3 is 1. The van der Waals surface area contributed by atoms with Gasteiger partial charge in [-0.3, -0.25) is 4.79 Å². The number of ether oxygens (including phenoxy) is 1. The van der Waals surface area contributed by atoms with E-state index in [0.717, 1.165) is 28.3 Å². The van der Waals surface area contributed by atoms with Crippen molar-refractivity contribution in [1.82, 2.24) is 0 Å². The maximum Gasteiger partial charge on any atom is 0.255 e. The molecule has 0 fully saturated rings. The first-order chi connectivity index (χ1) is 13.5. The van der Waals surface area contributed by atoms with Gasteiger partial charge in [-0.2, -0.15) is 0 Å². The second kappa shape index (κ2) is 8.98. The third-order valence-electron chi connectivity index (χ3n) is 4.72. The van der Waals surface area contributed by atoms with E-state index in [-0.39, 0.29) is 5.91 Å². The molecule has 3 nitrogen and oxygen atoms in total. The van der Waals surface area contributed by atoms with Crippen LogP contribution in [-0.4, -0.2) is 13.0 Å². The van der Waals surface area contributed by atoms with Gasteiger partial charge in [-0.15, -0.1) is 11.8 Å². The molecule has 0 radical (unpaired) electrons. The molecule has 144 valence electrons. The predicted molar refractivity (Wildman–Crippen MR) is 118 cm³/mol. The van der Waals surface area contributed by atoms with Crippen LogP contribution in [0.2, 0.25) is 0 Å². The Kier molecular flexibility index (Phi) is 6.42. The van der Waals surface area contributed by atoms with E-state index in [0.29, 0.717) is 5.56 Å². The van der Waals surface area contributed by atoms with Crippen LogP contribution in [-0.2, 0) is 5.75 Å². The van der Waals surface area contributed by atoms with E-state index in [1.54, 1.807) is 24.9 Å². The molecular weight excluding hydrogens is 366 g/mol. The Hall–Kier alpha value is -2.72. The number of anilines is 1. The van der Waals surface area contributed by atoms with Gasteiger partial charge >= 0.3 is 0 Å². The van der Waals surface area contributed by atoms with Crippen LogP contribution >= 0.6 is 11.8 Å². The maximum absolute atomic E-state index is 12.7. The molecule has 0 heterocycles. The van der Waals surface area contributed by atoms with Crippen molar-refractivity contribution in [2.24, 2.45) is 0 Å². The quantitative estimate of drug-likeness (QED) is 0.511. The minimum absolute atomic E-state index is 0.118. The van der Waals surface area contributed by atoms with Gasteiger partial charge in [0.05, 0.1) is 7.11 Å². The third-order valence-corrected chi connectivity index (χ3v) is 5.78. The monoisotopic (exact) mass is 391 g/mol. The fourth-order valence-electron chi connectivity index (χ4n) is 2.85. The lowest BCUT2D eigenvalue weighted by atomic mass is 10.1. The Labute approximate surface area is 171 Å². The lowest BCUT2D eigenvalue weighted by Crippen LogP contribution is -2.12. The third kappa shape index (κ3) is 4.96. The SMILES string of the molecule is COc1ccc(C(=O)Nc2ccc(C)c(C)c2)cc1CSc1ccc(C)cc1. The van der Waals surface area contributed by atoms with Crippen LogP contribution in [0.3, 0.4) is 0 Å². The Balaban J connectivity index is 1.76. The van der Waals surface area contributed by atoms with E-state index in [1.165, 1.54) is 16.0 Å². The summed E-state index contributed by atoms with van der Waals surface area (Å²) in [7, 11) is 1.66. The largest absolute Gasteiger partial charge is 0.496 e. The van der Waals surface area contributed by atoms with Crippen molar-refractivity contribution < 1.29 is 9.53 Å². The summed E-state index contributed by atoms with van der Waals surface area (Å²) in [5.41, 5.74) is 6.03. The number of aryl methyl sites for hydroxylation is 3. The average molecular weight is 392 g/mol. The highest BCUT2D eigenvalue weighted by atomic mass is 32.2. The molecule has 0 bridgehead atoms. The lowest BCUT2D eigenvalue weighted by Gasteiger charge is -2.12. The van der Waals surface area contributed by atoms with Gasteiger partial charge in [-0.05, 0) is 74.4 Å². The molecule has 28 heavy (non-hydrogen) atoms. The van der Waals surface area contributed by atoms with Gasteiger partial charge in [0.25, 0.3) is 5.91 Å². The number of nitrogens with one attached hydrogen (secondary N) is 1. The Bertz CT molecular complexity index is 980. The van der Waals surface area contributed by atoms with Crippen molar-refractivity contribution in [3.8, 4) is 5.75 Å². The van der Waals surface area contributed by atoms with Crippen molar-refractivity contribution in [3.05, 3.63) is 88.5 Å². The van der Waals surface area contributed by atoms with Crippen molar-refractivity contribution in [2.45, 2.75) is 31.4 Å². The van der Waals surface area contributed by atoms with Crippen molar-refractivity contribution >= 4 is 23.4 Å². The maximum atomic E-state index is 12.7. The molecule has 0 spiro atoms. The standard InChI is InChI=1S/C24H25NO2S/c1-16-5-10-22(11-6-16)28-15-20-14-19(8-12-23(20)27-4)24(26)25-21-9-7-17(2)18(3)13-21/h5-14H,15H2,1-4H3,(H,25,26). The summed E-state index contributed by atoms with van der Waals surface area (Å²) in [5.74, 6) is 1.41. The number of carbonyl (C=O) groups excluding carboxylic acids is 1. The molecule has 0 aliphatic rings. The summed E-state index contributed by atoms with van der Waals surface area (Å²) in [6, 6.07) is 19.9. The molecule has 3 aromatic rings. The predicted octanol–water partition coefficient (Wildman–Crippen LogP) is 6.17. The number of thioether (sulfide) groups is 1. The fraction of sp³-hybridized carbons (Fsp3) is 0.208. The summed E-state index contributed by atoms with van der Waals surface area (Å²) in [5, 5.41) is 2.98. The molecule has 1 N–H and O–H groups in total. The zero-order valence-corrected chi connectivity index (χ0v) is 17.5. The lowest BCUT2D eigenvalue weighted by molar-refractivity contribution is 0.102. The van der Waals surface area contributed by atoms with Gasteiger partial charge in [-0.1, -0.05) is 23.8 Å². The van der Waals surface area contributed by atoms with E-state index in [9.17, 15) is 4.79 Å². The Morgan fingerprint density at radius 2 is 1.68 bits per heavy atom. The first-order valence-electron chi connectivity index (χ1n) is 9.21. The normalized spacial score (nSPS) is 10.6. The molecular formula is C24H25NO2S. The first kappa shape index (κ1) is 20.0. The van der Waals surface area contributed by atoms with Crippen LogP contribution in [0.15, 0.2) is 65.6 Å². The summed E-state index contributed by atoms with van der Waals surface area (Å²) in [4.78, 5) is 13.9. The summed E-state index contributed by atoms with van der Waals surface area (Å²) >= 11 is 1.73. The van der Waals surface area contributed by atoms with E-state index in [2.05, 4.69) is 43.4 Å². The summed E-state index contributed by atoms with van der Waals surface area (Å²) in [6.45, 7) is 6.18. The number of carbonyl (C=O) groups is 1. The molecule has 0 aliphatic carbocycles. The Morgan fingerprint density at radius 3 is 2.36 bits per heavy atom. The van der Waals surface area contributed by atoms with Crippen molar-refractivity contribution in [2.75, 3.05) is 12.4 Å². The van der Waals surface area contributed by atoms with Gasteiger partial charge in [0.15, 0.2) is 0 Å². The average Bonchev–Trinajstić information content (AvgIpc) is 2.70. The molecule has 0 saturated carbocycles. The highest BCUT2D eigenvalue weighted by Crippen LogP contribution is 2.29. The van der Waals surface area contributed by atoms with E-state index in [1.807, 2.05) is 37.3 Å². The minimum atomic E-state index is -0.118. The molecule has 3 aromatic carbocycles. The second-order valence-electron chi connectivity index (χ2n) is 6.88. The number of amides is 1. The molecule has 0 aliphatic heterocycles. The summed E-state index contributed by atoms with van der Waals surface area (Å²) in [6.07, 6.45) is 0. The first-order valence-corrected chi connectivity index (χ1v) is 10.2. The van der Waals surface area contributed by atoms with Crippen LogP contribution in [0.5, 0.6) is 5.75 Å². The number of benzene rings is 3. The van der Waals surface area contributed by atoms with Crippen LogP contribution in [0.1, 0.15) is 32.6 Å². The summed E-state index contributed by atoms with van der Waals surface area (Å²) < 4.78 is 5.49. The highest BCUT2D eigenvalue weighted by molar-refractivity contribution is 7.98. The van der Waals surface area contributed by atoms with Crippen LogP contribution < -0.4 is 10.1 Å². The molecule has 0 saturated heterocycles.